The molecule has 1 amide bonds. The Morgan fingerprint density at radius 1 is 1.44 bits per heavy atom. The zero-order valence-corrected chi connectivity index (χ0v) is 12.7. The Kier molecular flexibility index (Phi) is 6.18. The van der Waals surface area contributed by atoms with E-state index < -0.39 is 0 Å². The summed E-state index contributed by atoms with van der Waals surface area (Å²) in [6, 6.07) is 0. The smallest absolute Gasteiger partial charge is 0.222 e. The number of hydrogen-bond donors (Lipinski definition) is 0. The highest BCUT2D eigenvalue weighted by Gasteiger charge is 2.21. The van der Waals surface area contributed by atoms with Crippen molar-refractivity contribution in [2.45, 2.75) is 50.4 Å². The quantitative estimate of drug-likeness (QED) is 0.575. The van der Waals surface area contributed by atoms with E-state index in [9.17, 15) is 4.79 Å². The van der Waals surface area contributed by atoms with Gasteiger partial charge in [-0.3, -0.25) is 4.79 Å². The third-order valence-corrected chi connectivity index (χ3v) is 6.49. The molecule has 5 heteroatoms. The molecule has 18 heavy (non-hydrogen) atoms. The van der Waals surface area contributed by atoms with Crippen LogP contribution in [0.25, 0.3) is 0 Å². The average Bonchev–Trinajstić information content (AvgIpc) is 2.87. The first kappa shape index (κ1) is 14.5. The van der Waals surface area contributed by atoms with Crippen molar-refractivity contribution in [3.8, 4) is 0 Å². The normalized spacial score (nSPS) is 28.6. The molecule has 3 nitrogen and oxygen atoms in total. The molecule has 0 N–H and O–H groups in total. The lowest BCUT2D eigenvalue weighted by Gasteiger charge is -2.31. The predicted octanol–water partition coefficient (Wildman–Crippen LogP) is 2.95. The third kappa shape index (κ3) is 4.67. The number of nitrogens with zero attached hydrogens (tertiary/aromatic N) is 1. The molecular formula is C13H23NO2S2. The zero-order valence-electron chi connectivity index (χ0n) is 11.1. The lowest BCUT2D eigenvalue weighted by molar-refractivity contribution is -0.138. The summed E-state index contributed by atoms with van der Waals surface area (Å²) >= 11 is 0. The molecule has 0 radical (unpaired) electrons. The van der Waals surface area contributed by atoms with Gasteiger partial charge in [-0.15, -0.1) is 0 Å². The van der Waals surface area contributed by atoms with Crippen molar-refractivity contribution >= 4 is 27.5 Å². The molecule has 2 saturated heterocycles. The van der Waals surface area contributed by atoms with E-state index in [0.717, 1.165) is 31.2 Å². The van der Waals surface area contributed by atoms with Crippen LogP contribution >= 0.6 is 21.6 Å². The van der Waals surface area contributed by atoms with E-state index >= 15 is 0 Å². The molecule has 0 spiro atoms. The molecule has 2 aliphatic rings. The minimum atomic E-state index is 0.203. The van der Waals surface area contributed by atoms with Crippen LogP contribution in [0, 0.1) is 0 Å². The molecule has 0 unspecified atom stereocenters. The van der Waals surface area contributed by atoms with Crippen LogP contribution in [0.1, 0.15) is 39.0 Å². The van der Waals surface area contributed by atoms with Gasteiger partial charge in [-0.1, -0.05) is 28.0 Å². The Bertz CT molecular complexity index is 270. The summed E-state index contributed by atoms with van der Waals surface area (Å²) < 4.78 is 5.45. The molecule has 0 aliphatic carbocycles. The highest BCUT2D eigenvalue weighted by molar-refractivity contribution is 8.77. The fourth-order valence-corrected chi connectivity index (χ4v) is 5.44. The Hall–Kier alpha value is 0.130. The second kappa shape index (κ2) is 7.65. The maximum Gasteiger partial charge on any atom is 0.222 e. The molecule has 0 aromatic heterocycles. The minimum absolute atomic E-state index is 0.203. The molecule has 2 rings (SSSR count). The summed E-state index contributed by atoms with van der Waals surface area (Å²) in [4.78, 5) is 14.0. The number of unbranched alkanes of at least 4 members (excludes halogenated alkanes) is 1. The molecule has 0 aromatic rings. The van der Waals surface area contributed by atoms with Gasteiger partial charge in [0.25, 0.3) is 0 Å². The monoisotopic (exact) mass is 289 g/mol. The van der Waals surface area contributed by atoms with Crippen LogP contribution in [0.2, 0.25) is 0 Å². The van der Waals surface area contributed by atoms with Gasteiger partial charge in [0, 0.05) is 30.5 Å². The largest absolute Gasteiger partial charge is 0.375 e. The Labute approximate surface area is 118 Å². The van der Waals surface area contributed by atoms with Gasteiger partial charge in [-0.05, 0) is 26.2 Å². The minimum Gasteiger partial charge on any atom is -0.375 e. The van der Waals surface area contributed by atoms with Gasteiger partial charge < -0.3 is 9.64 Å². The van der Waals surface area contributed by atoms with E-state index in [0.29, 0.717) is 12.5 Å². The maximum atomic E-state index is 12.0. The molecule has 0 bridgehead atoms. The molecule has 2 fully saturated rings. The number of morpholine rings is 1. The molecule has 2 aliphatic heterocycles. The second-order valence-electron chi connectivity index (χ2n) is 5.10. The number of carbonyl (C=O) groups excluding carboxylic acids is 1. The highest BCUT2D eigenvalue weighted by atomic mass is 33.1. The van der Waals surface area contributed by atoms with Crippen molar-refractivity contribution in [1.82, 2.24) is 4.90 Å². The SMILES string of the molecule is C[C@@H]1CN(C(=O)CCCC[C@@H]2CCSS2)CCO1. The lowest BCUT2D eigenvalue weighted by atomic mass is 10.1. The summed E-state index contributed by atoms with van der Waals surface area (Å²) in [6.45, 7) is 4.28. The number of carbonyl (C=O) groups is 1. The Morgan fingerprint density at radius 2 is 2.33 bits per heavy atom. The van der Waals surface area contributed by atoms with Crippen molar-refractivity contribution < 1.29 is 9.53 Å². The van der Waals surface area contributed by atoms with Gasteiger partial charge in [0.05, 0.1) is 12.7 Å². The van der Waals surface area contributed by atoms with Crippen LogP contribution in [-0.2, 0) is 9.53 Å². The fourth-order valence-electron chi connectivity index (χ4n) is 2.42. The van der Waals surface area contributed by atoms with Crippen LogP contribution in [-0.4, -0.2) is 47.6 Å². The predicted molar refractivity (Wildman–Crippen MR) is 78.9 cm³/mol. The van der Waals surface area contributed by atoms with Crippen molar-refractivity contribution in [2.24, 2.45) is 0 Å². The zero-order chi connectivity index (χ0) is 12.8. The standard InChI is InChI=1S/C13H23NO2S2/c1-11-10-14(7-8-16-11)13(15)5-3-2-4-12-6-9-17-18-12/h11-12H,2-10H2,1H3/t11-,12-/m1/s1. The molecular weight excluding hydrogens is 266 g/mol. The van der Waals surface area contributed by atoms with Crippen molar-refractivity contribution in [3.05, 3.63) is 0 Å². The summed E-state index contributed by atoms with van der Waals surface area (Å²) in [7, 11) is 4.03. The van der Waals surface area contributed by atoms with Crippen LogP contribution < -0.4 is 0 Å². The summed E-state index contributed by atoms with van der Waals surface area (Å²) in [5.74, 6) is 1.62. The molecule has 104 valence electrons. The van der Waals surface area contributed by atoms with Crippen LogP contribution in [0.4, 0.5) is 0 Å². The van der Waals surface area contributed by atoms with Crippen LogP contribution in [0.5, 0.6) is 0 Å². The van der Waals surface area contributed by atoms with Gasteiger partial charge in [0.15, 0.2) is 0 Å². The van der Waals surface area contributed by atoms with Crippen molar-refractivity contribution in [2.75, 3.05) is 25.4 Å². The average molecular weight is 289 g/mol. The van der Waals surface area contributed by atoms with E-state index in [1.165, 1.54) is 25.0 Å². The third-order valence-electron chi connectivity index (χ3n) is 3.49. The summed E-state index contributed by atoms with van der Waals surface area (Å²) in [6.07, 6.45) is 5.80. The number of hydrogen-bond acceptors (Lipinski definition) is 4. The Morgan fingerprint density at radius 3 is 3.06 bits per heavy atom. The molecule has 0 saturated carbocycles. The second-order valence-corrected chi connectivity index (χ2v) is 7.88. The molecule has 2 atom stereocenters. The number of ether oxygens (including phenoxy) is 1. The fraction of sp³-hybridized carbons (Fsp3) is 0.923. The van der Waals surface area contributed by atoms with Gasteiger partial charge >= 0.3 is 0 Å². The summed E-state index contributed by atoms with van der Waals surface area (Å²) in [5, 5.41) is 0.841. The van der Waals surface area contributed by atoms with Gasteiger partial charge in [-0.2, -0.15) is 0 Å². The number of rotatable bonds is 5. The number of amides is 1. The van der Waals surface area contributed by atoms with E-state index in [1.807, 2.05) is 33.4 Å². The van der Waals surface area contributed by atoms with Gasteiger partial charge in [0.2, 0.25) is 5.91 Å². The van der Waals surface area contributed by atoms with Crippen LogP contribution in [0.3, 0.4) is 0 Å². The highest BCUT2D eigenvalue weighted by Crippen LogP contribution is 2.39. The van der Waals surface area contributed by atoms with Crippen molar-refractivity contribution in [3.63, 3.8) is 0 Å². The first-order chi connectivity index (χ1) is 8.75. The first-order valence-corrected chi connectivity index (χ1v) is 9.31. The van der Waals surface area contributed by atoms with E-state index in [1.54, 1.807) is 0 Å². The summed E-state index contributed by atoms with van der Waals surface area (Å²) in [5.41, 5.74) is 0. The van der Waals surface area contributed by atoms with Gasteiger partial charge in [-0.25, -0.2) is 0 Å². The lowest BCUT2D eigenvalue weighted by Crippen LogP contribution is -2.44. The molecule has 0 aromatic carbocycles. The molecule has 2 heterocycles. The first-order valence-electron chi connectivity index (χ1n) is 6.93. The maximum absolute atomic E-state index is 12.0. The van der Waals surface area contributed by atoms with Gasteiger partial charge in [0.1, 0.15) is 0 Å². The van der Waals surface area contributed by atoms with E-state index in [2.05, 4.69) is 0 Å². The topological polar surface area (TPSA) is 29.5 Å². The Balaban J connectivity index is 1.56. The van der Waals surface area contributed by atoms with Crippen molar-refractivity contribution in [1.29, 1.82) is 0 Å². The van der Waals surface area contributed by atoms with E-state index in [-0.39, 0.29) is 6.10 Å². The van der Waals surface area contributed by atoms with E-state index in [4.69, 9.17) is 4.74 Å². The van der Waals surface area contributed by atoms with Crippen LogP contribution in [0.15, 0.2) is 0 Å².